The standard InChI is InChI=1S/C18H16N4OS2/c1-12-9-13(7-8-14(12)22-18(24-2)20-11-19)23-10-17-21-15-5-3-4-6-16(15)25-17/h3-9H,10H2,1-2H3,(H,20,22). The van der Waals surface area contributed by atoms with E-state index in [9.17, 15) is 0 Å². The molecule has 7 heteroatoms. The zero-order valence-corrected chi connectivity index (χ0v) is 15.4. The van der Waals surface area contributed by atoms with Crippen molar-refractivity contribution in [1.29, 1.82) is 5.26 Å². The maximum absolute atomic E-state index is 8.71. The highest BCUT2D eigenvalue weighted by Crippen LogP contribution is 2.27. The molecular formula is C18H16N4OS2. The molecule has 126 valence electrons. The molecule has 1 heterocycles. The number of aryl methyl sites for hydroxylation is 1. The summed E-state index contributed by atoms with van der Waals surface area (Å²) >= 11 is 3.03. The van der Waals surface area contributed by atoms with Crippen molar-refractivity contribution in [3.05, 3.63) is 53.0 Å². The number of thioether (sulfide) groups is 1. The van der Waals surface area contributed by atoms with Crippen LogP contribution >= 0.6 is 23.1 Å². The van der Waals surface area contributed by atoms with Gasteiger partial charge in [0.25, 0.3) is 0 Å². The Kier molecular flexibility index (Phi) is 5.53. The summed E-state index contributed by atoms with van der Waals surface area (Å²) in [5, 5.41) is 12.8. The van der Waals surface area contributed by atoms with Gasteiger partial charge in [-0.15, -0.1) is 11.3 Å². The lowest BCUT2D eigenvalue weighted by molar-refractivity contribution is 0.305. The van der Waals surface area contributed by atoms with E-state index in [-0.39, 0.29) is 0 Å². The molecule has 5 nitrogen and oxygen atoms in total. The van der Waals surface area contributed by atoms with Gasteiger partial charge in [-0.1, -0.05) is 23.9 Å². The summed E-state index contributed by atoms with van der Waals surface area (Å²) in [7, 11) is 0. The van der Waals surface area contributed by atoms with Gasteiger partial charge in [0.1, 0.15) is 17.4 Å². The van der Waals surface area contributed by atoms with E-state index >= 15 is 0 Å². The van der Waals surface area contributed by atoms with Crippen LogP contribution in [0.3, 0.4) is 0 Å². The number of hydrogen-bond donors (Lipinski definition) is 1. The van der Waals surface area contributed by atoms with Gasteiger partial charge in [0.15, 0.2) is 11.4 Å². The van der Waals surface area contributed by atoms with Crippen LogP contribution in [0.2, 0.25) is 0 Å². The number of benzene rings is 2. The normalized spacial score (nSPS) is 11.3. The lowest BCUT2D eigenvalue weighted by atomic mass is 10.2. The van der Waals surface area contributed by atoms with E-state index in [4.69, 9.17) is 10.00 Å². The molecular weight excluding hydrogens is 352 g/mol. The fourth-order valence-corrected chi connectivity index (χ4v) is 3.47. The quantitative estimate of drug-likeness (QED) is 0.315. The van der Waals surface area contributed by atoms with E-state index in [1.165, 1.54) is 11.8 Å². The Balaban J connectivity index is 1.71. The monoisotopic (exact) mass is 368 g/mol. The minimum Gasteiger partial charge on any atom is -0.486 e. The fraction of sp³-hybridized carbons (Fsp3) is 0.167. The number of para-hydroxylation sites is 1. The molecule has 0 fully saturated rings. The van der Waals surface area contributed by atoms with Gasteiger partial charge in [-0.3, -0.25) is 5.32 Å². The third-order valence-corrected chi connectivity index (χ3v) is 5.04. The van der Waals surface area contributed by atoms with Crippen LogP contribution in [0.1, 0.15) is 10.6 Å². The SMILES string of the molecule is CSC(=Nc1ccc(OCc2nc3ccccc3s2)cc1C)NC#N. The zero-order chi connectivity index (χ0) is 17.6. The number of fused-ring (bicyclic) bond motifs is 1. The highest BCUT2D eigenvalue weighted by atomic mass is 32.2. The molecule has 3 aromatic rings. The smallest absolute Gasteiger partial charge is 0.183 e. The molecule has 0 aliphatic rings. The number of rotatable bonds is 4. The first-order valence-electron chi connectivity index (χ1n) is 7.55. The Hall–Kier alpha value is -2.56. The molecule has 0 bridgehead atoms. The van der Waals surface area contributed by atoms with Crippen molar-refractivity contribution in [1.82, 2.24) is 10.3 Å². The predicted octanol–water partition coefficient (Wildman–Crippen LogP) is 4.60. The van der Waals surface area contributed by atoms with Crippen LogP contribution in [-0.2, 0) is 6.61 Å². The van der Waals surface area contributed by atoms with Crippen molar-refractivity contribution in [2.24, 2.45) is 4.99 Å². The Bertz CT molecular complexity index is 926. The number of aromatic nitrogens is 1. The van der Waals surface area contributed by atoms with Crippen molar-refractivity contribution in [2.75, 3.05) is 6.26 Å². The minimum atomic E-state index is 0.438. The molecule has 0 amide bonds. The van der Waals surface area contributed by atoms with Crippen LogP contribution in [0.5, 0.6) is 5.75 Å². The van der Waals surface area contributed by atoms with Crippen LogP contribution in [0, 0.1) is 18.4 Å². The van der Waals surface area contributed by atoms with Crippen LogP contribution in [0.4, 0.5) is 5.69 Å². The molecule has 0 aliphatic heterocycles. The van der Waals surface area contributed by atoms with E-state index in [0.29, 0.717) is 11.8 Å². The van der Waals surface area contributed by atoms with Gasteiger partial charge in [0, 0.05) is 0 Å². The molecule has 1 aromatic heterocycles. The van der Waals surface area contributed by atoms with Crippen LogP contribution in [0.15, 0.2) is 47.5 Å². The number of ether oxygens (including phenoxy) is 1. The van der Waals surface area contributed by atoms with Crippen molar-refractivity contribution in [3.63, 3.8) is 0 Å². The Morgan fingerprint density at radius 2 is 2.20 bits per heavy atom. The van der Waals surface area contributed by atoms with Crippen LogP contribution in [-0.4, -0.2) is 16.4 Å². The Morgan fingerprint density at radius 3 is 2.92 bits per heavy atom. The number of amidine groups is 1. The van der Waals surface area contributed by atoms with Crippen molar-refractivity contribution < 1.29 is 4.74 Å². The summed E-state index contributed by atoms with van der Waals surface area (Å²) in [6, 6.07) is 13.8. The summed E-state index contributed by atoms with van der Waals surface area (Å²) in [4.78, 5) is 9.00. The van der Waals surface area contributed by atoms with Crippen molar-refractivity contribution in [3.8, 4) is 11.9 Å². The molecule has 0 unspecified atom stereocenters. The Labute approximate surface area is 154 Å². The van der Waals surface area contributed by atoms with Gasteiger partial charge in [0.2, 0.25) is 0 Å². The summed E-state index contributed by atoms with van der Waals surface area (Å²) in [6.45, 7) is 2.40. The second kappa shape index (κ2) is 8.01. The van der Waals surface area contributed by atoms with Crippen LogP contribution < -0.4 is 10.1 Å². The maximum atomic E-state index is 8.71. The van der Waals surface area contributed by atoms with Crippen molar-refractivity contribution >= 4 is 44.2 Å². The summed E-state index contributed by atoms with van der Waals surface area (Å²) in [6.07, 6.45) is 3.76. The number of hydrogen-bond acceptors (Lipinski definition) is 6. The fourth-order valence-electron chi connectivity index (χ4n) is 2.25. The topological polar surface area (TPSA) is 70.3 Å². The average molecular weight is 368 g/mol. The third kappa shape index (κ3) is 4.29. The molecule has 1 N–H and O–H groups in total. The molecule has 0 atom stereocenters. The molecule has 2 aromatic carbocycles. The largest absolute Gasteiger partial charge is 0.486 e. The second-order valence-electron chi connectivity index (χ2n) is 5.17. The molecule has 0 saturated carbocycles. The highest BCUT2D eigenvalue weighted by Gasteiger charge is 2.06. The lowest BCUT2D eigenvalue weighted by Gasteiger charge is -2.08. The molecule has 0 spiro atoms. The second-order valence-corrected chi connectivity index (χ2v) is 7.08. The molecule has 0 radical (unpaired) electrons. The van der Waals surface area contributed by atoms with Gasteiger partial charge >= 0.3 is 0 Å². The predicted molar refractivity (Wildman–Crippen MR) is 104 cm³/mol. The molecule has 0 aliphatic carbocycles. The number of nitriles is 1. The van der Waals surface area contributed by atoms with Gasteiger partial charge in [-0.2, -0.15) is 5.26 Å². The minimum absolute atomic E-state index is 0.438. The molecule has 25 heavy (non-hydrogen) atoms. The van der Waals surface area contributed by atoms with Crippen LogP contribution in [0.25, 0.3) is 10.2 Å². The van der Waals surface area contributed by atoms with E-state index in [1.54, 1.807) is 11.3 Å². The van der Waals surface area contributed by atoms with E-state index < -0.39 is 0 Å². The lowest BCUT2D eigenvalue weighted by Crippen LogP contribution is -2.12. The summed E-state index contributed by atoms with van der Waals surface area (Å²) in [5.74, 6) is 0.773. The summed E-state index contributed by atoms with van der Waals surface area (Å²) in [5.41, 5.74) is 2.79. The van der Waals surface area contributed by atoms with Gasteiger partial charge < -0.3 is 4.74 Å². The summed E-state index contributed by atoms with van der Waals surface area (Å²) < 4.78 is 7.03. The van der Waals surface area contributed by atoms with Gasteiger partial charge in [-0.25, -0.2) is 9.98 Å². The van der Waals surface area contributed by atoms with E-state index in [2.05, 4.69) is 21.4 Å². The van der Waals surface area contributed by atoms with E-state index in [1.807, 2.05) is 55.8 Å². The number of aliphatic imine (C=N–C) groups is 1. The first-order chi connectivity index (χ1) is 12.2. The zero-order valence-electron chi connectivity index (χ0n) is 13.8. The Morgan fingerprint density at radius 1 is 1.36 bits per heavy atom. The maximum Gasteiger partial charge on any atom is 0.183 e. The van der Waals surface area contributed by atoms with E-state index in [0.717, 1.165) is 32.2 Å². The highest BCUT2D eigenvalue weighted by molar-refractivity contribution is 8.13. The first-order valence-corrected chi connectivity index (χ1v) is 9.59. The number of nitrogens with one attached hydrogen (secondary N) is 1. The van der Waals surface area contributed by atoms with Gasteiger partial charge in [0.05, 0.1) is 15.9 Å². The third-order valence-electron chi connectivity index (χ3n) is 3.45. The molecule has 0 saturated heterocycles. The number of thiazole rings is 1. The average Bonchev–Trinajstić information content (AvgIpc) is 3.04. The van der Waals surface area contributed by atoms with Gasteiger partial charge in [-0.05, 0) is 49.1 Å². The first kappa shape index (κ1) is 17.3. The number of nitrogens with zero attached hydrogens (tertiary/aromatic N) is 3. The molecule has 3 rings (SSSR count). The van der Waals surface area contributed by atoms with Crippen molar-refractivity contribution in [2.45, 2.75) is 13.5 Å².